The predicted octanol–water partition coefficient (Wildman–Crippen LogP) is 3.92. The molecule has 1 fully saturated rings. The standard InChI is InChI=1S/C17H16INO/c18-16-8-4-7-14(11-16)17(20)19-10-9-15(12-19)13-5-2-1-3-6-13/h1-8,11,15H,9-10,12H2. The molecule has 1 heterocycles. The van der Waals surface area contributed by atoms with Gasteiger partial charge in [-0.3, -0.25) is 4.79 Å². The van der Waals surface area contributed by atoms with E-state index in [9.17, 15) is 4.79 Å². The number of hydrogen-bond donors (Lipinski definition) is 0. The van der Waals surface area contributed by atoms with Crippen LogP contribution in [0.4, 0.5) is 0 Å². The number of nitrogens with zero attached hydrogens (tertiary/aromatic N) is 1. The Balaban J connectivity index is 1.73. The van der Waals surface area contributed by atoms with Gasteiger partial charge in [0.1, 0.15) is 0 Å². The molecule has 1 aliphatic rings. The minimum Gasteiger partial charge on any atom is -0.338 e. The molecule has 1 atom stereocenters. The third kappa shape index (κ3) is 2.87. The molecule has 0 bridgehead atoms. The molecule has 3 rings (SSSR count). The predicted molar refractivity (Wildman–Crippen MR) is 88.9 cm³/mol. The van der Waals surface area contributed by atoms with Crippen LogP contribution in [-0.4, -0.2) is 23.9 Å². The van der Waals surface area contributed by atoms with Gasteiger partial charge in [-0.25, -0.2) is 0 Å². The molecular weight excluding hydrogens is 361 g/mol. The van der Waals surface area contributed by atoms with E-state index < -0.39 is 0 Å². The summed E-state index contributed by atoms with van der Waals surface area (Å²) in [5.74, 6) is 0.630. The lowest BCUT2D eigenvalue weighted by Crippen LogP contribution is -2.28. The van der Waals surface area contributed by atoms with Crippen molar-refractivity contribution in [1.82, 2.24) is 4.90 Å². The van der Waals surface area contributed by atoms with Crippen LogP contribution in [0.3, 0.4) is 0 Å². The molecule has 2 aromatic rings. The van der Waals surface area contributed by atoms with Gasteiger partial charge in [0.05, 0.1) is 0 Å². The van der Waals surface area contributed by atoms with Crippen LogP contribution in [0.2, 0.25) is 0 Å². The molecule has 0 aromatic heterocycles. The van der Waals surface area contributed by atoms with Gasteiger partial charge in [-0.05, 0) is 52.8 Å². The van der Waals surface area contributed by atoms with Gasteiger partial charge in [-0.2, -0.15) is 0 Å². The fourth-order valence-corrected chi connectivity index (χ4v) is 3.29. The highest BCUT2D eigenvalue weighted by molar-refractivity contribution is 14.1. The van der Waals surface area contributed by atoms with Crippen LogP contribution < -0.4 is 0 Å². The number of benzene rings is 2. The Morgan fingerprint density at radius 3 is 2.65 bits per heavy atom. The second-order valence-corrected chi connectivity index (χ2v) is 6.40. The van der Waals surface area contributed by atoms with Crippen molar-refractivity contribution in [3.05, 3.63) is 69.3 Å². The van der Waals surface area contributed by atoms with Gasteiger partial charge in [0.25, 0.3) is 5.91 Å². The summed E-state index contributed by atoms with van der Waals surface area (Å²) in [6.07, 6.45) is 1.06. The maximum Gasteiger partial charge on any atom is 0.253 e. The quantitative estimate of drug-likeness (QED) is 0.727. The molecule has 1 saturated heterocycles. The molecule has 3 heteroatoms. The maximum atomic E-state index is 12.5. The summed E-state index contributed by atoms with van der Waals surface area (Å²) in [6.45, 7) is 1.68. The van der Waals surface area contributed by atoms with Crippen molar-refractivity contribution in [2.75, 3.05) is 13.1 Å². The van der Waals surface area contributed by atoms with Crippen LogP contribution in [-0.2, 0) is 0 Å². The van der Waals surface area contributed by atoms with Crippen molar-refractivity contribution < 1.29 is 4.79 Å². The third-order valence-corrected chi connectivity index (χ3v) is 4.49. The lowest BCUT2D eigenvalue weighted by atomic mass is 9.99. The van der Waals surface area contributed by atoms with Crippen LogP contribution in [0.1, 0.15) is 28.3 Å². The molecule has 2 aromatic carbocycles. The highest BCUT2D eigenvalue weighted by Gasteiger charge is 2.27. The van der Waals surface area contributed by atoms with Crippen molar-refractivity contribution in [3.63, 3.8) is 0 Å². The van der Waals surface area contributed by atoms with E-state index in [1.54, 1.807) is 0 Å². The van der Waals surface area contributed by atoms with Gasteiger partial charge in [0.15, 0.2) is 0 Å². The highest BCUT2D eigenvalue weighted by atomic mass is 127. The van der Waals surface area contributed by atoms with Gasteiger partial charge >= 0.3 is 0 Å². The van der Waals surface area contributed by atoms with E-state index in [1.165, 1.54) is 5.56 Å². The highest BCUT2D eigenvalue weighted by Crippen LogP contribution is 2.28. The molecule has 1 unspecified atom stereocenters. The van der Waals surface area contributed by atoms with Gasteiger partial charge in [-0.15, -0.1) is 0 Å². The smallest absolute Gasteiger partial charge is 0.253 e. The fourth-order valence-electron chi connectivity index (χ4n) is 2.75. The summed E-state index contributed by atoms with van der Waals surface area (Å²) in [5, 5.41) is 0. The van der Waals surface area contributed by atoms with Crippen LogP contribution >= 0.6 is 22.6 Å². The Labute approximate surface area is 132 Å². The van der Waals surface area contributed by atoms with Gasteiger partial charge in [0, 0.05) is 28.1 Å². The molecule has 0 saturated carbocycles. The molecule has 2 nitrogen and oxygen atoms in total. The summed E-state index contributed by atoms with van der Waals surface area (Å²) in [4.78, 5) is 14.5. The van der Waals surface area contributed by atoms with Gasteiger partial charge in [-0.1, -0.05) is 36.4 Å². The number of rotatable bonds is 2. The Hall–Kier alpha value is -1.36. The maximum absolute atomic E-state index is 12.5. The molecule has 20 heavy (non-hydrogen) atoms. The van der Waals surface area contributed by atoms with E-state index in [2.05, 4.69) is 46.9 Å². The van der Waals surface area contributed by atoms with Crippen LogP contribution in [0.25, 0.3) is 0 Å². The van der Waals surface area contributed by atoms with Gasteiger partial charge in [0.2, 0.25) is 0 Å². The first-order valence-electron chi connectivity index (χ1n) is 6.84. The average molecular weight is 377 g/mol. The van der Waals surface area contributed by atoms with Crippen molar-refractivity contribution in [2.45, 2.75) is 12.3 Å². The first kappa shape index (κ1) is 13.6. The molecule has 1 aliphatic heterocycles. The van der Waals surface area contributed by atoms with Crippen molar-refractivity contribution in [1.29, 1.82) is 0 Å². The zero-order valence-corrected chi connectivity index (χ0v) is 13.3. The number of carbonyl (C=O) groups excluding carboxylic acids is 1. The van der Waals surface area contributed by atoms with E-state index in [-0.39, 0.29) is 5.91 Å². The summed E-state index contributed by atoms with van der Waals surface area (Å²) in [6, 6.07) is 18.3. The molecular formula is C17H16INO. The molecule has 0 aliphatic carbocycles. The number of amides is 1. The van der Waals surface area contributed by atoms with Crippen LogP contribution in [0, 0.1) is 3.57 Å². The lowest BCUT2D eigenvalue weighted by molar-refractivity contribution is 0.0790. The third-order valence-electron chi connectivity index (χ3n) is 3.82. The van der Waals surface area contributed by atoms with E-state index in [0.29, 0.717) is 5.92 Å². The number of likely N-dealkylation sites (tertiary alicyclic amines) is 1. The van der Waals surface area contributed by atoms with Crippen molar-refractivity contribution in [3.8, 4) is 0 Å². The molecule has 102 valence electrons. The Morgan fingerprint density at radius 2 is 1.90 bits per heavy atom. The fraction of sp³-hybridized carbons (Fsp3) is 0.235. The van der Waals surface area contributed by atoms with E-state index in [4.69, 9.17) is 0 Å². The second kappa shape index (κ2) is 5.95. The summed E-state index contributed by atoms with van der Waals surface area (Å²) >= 11 is 2.24. The van der Waals surface area contributed by atoms with Crippen LogP contribution in [0.15, 0.2) is 54.6 Å². The SMILES string of the molecule is O=C(c1cccc(I)c1)N1CCC(c2ccccc2)C1. The Morgan fingerprint density at radius 1 is 1.10 bits per heavy atom. The molecule has 0 spiro atoms. The largest absolute Gasteiger partial charge is 0.338 e. The normalized spacial score (nSPS) is 18.2. The minimum absolute atomic E-state index is 0.155. The van der Waals surface area contributed by atoms with E-state index in [0.717, 1.165) is 28.6 Å². The van der Waals surface area contributed by atoms with E-state index >= 15 is 0 Å². The molecule has 0 N–H and O–H groups in total. The molecule has 1 amide bonds. The second-order valence-electron chi connectivity index (χ2n) is 5.16. The lowest BCUT2D eigenvalue weighted by Gasteiger charge is -2.17. The Bertz CT molecular complexity index is 611. The zero-order chi connectivity index (χ0) is 13.9. The summed E-state index contributed by atoms with van der Waals surface area (Å²) < 4.78 is 1.10. The minimum atomic E-state index is 0.155. The van der Waals surface area contributed by atoms with Crippen molar-refractivity contribution >= 4 is 28.5 Å². The van der Waals surface area contributed by atoms with Crippen molar-refractivity contribution in [2.24, 2.45) is 0 Å². The molecule has 0 radical (unpaired) electrons. The topological polar surface area (TPSA) is 20.3 Å². The van der Waals surface area contributed by atoms with Gasteiger partial charge < -0.3 is 4.90 Å². The van der Waals surface area contributed by atoms with E-state index in [1.807, 2.05) is 35.2 Å². The average Bonchev–Trinajstić information content (AvgIpc) is 2.97. The Kier molecular flexibility index (Phi) is 4.05. The number of carbonyl (C=O) groups is 1. The first-order valence-corrected chi connectivity index (χ1v) is 7.92. The first-order chi connectivity index (χ1) is 9.74. The summed E-state index contributed by atoms with van der Waals surface area (Å²) in [7, 11) is 0. The monoisotopic (exact) mass is 377 g/mol. The zero-order valence-electron chi connectivity index (χ0n) is 11.1. The number of hydrogen-bond acceptors (Lipinski definition) is 1. The summed E-state index contributed by atoms with van der Waals surface area (Å²) in [5.41, 5.74) is 2.14. The van der Waals surface area contributed by atoms with Crippen LogP contribution in [0.5, 0.6) is 0 Å². The number of halogens is 1.